The van der Waals surface area contributed by atoms with Gasteiger partial charge in [-0.3, -0.25) is 24.3 Å². The number of aryl methyl sites for hydroxylation is 1. The molecule has 1 aliphatic heterocycles. The van der Waals surface area contributed by atoms with E-state index in [9.17, 15) is 19.6 Å². The number of anilines is 1. The number of benzene rings is 1. The number of aromatic nitrogens is 1. The maximum absolute atomic E-state index is 12.4. The number of nitriles is 2. The molecule has 0 unspecified atom stereocenters. The van der Waals surface area contributed by atoms with Crippen LogP contribution in [-0.4, -0.2) is 16.4 Å². The van der Waals surface area contributed by atoms with Crippen LogP contribution in [0.3, 0.4) is 0 Å². The summed E-state index contributed by atoms with van der Waals surface area (Å²) in [4.78, 5) is 36.0. The van der Waals surface area contributed by atoms with Gasteiger partial charge in [0.2, 0.25) is 0 Å². The van der Waals surface area contributed by atoms with Gasteiger partial charge in [-0.25, -0.2) is 0 Å². The molecular formula is C16H9N5O3. The molecule has 0 radical (unpaired) electrons. The molecule has 1 aromatic carbocycles. The van der Waals surface area contributed by atoms with Crippen LogP contribution in [0.25, 0.3) is 5.69 Å². The van der Waals surface area contributed by atoms with E-state index in [0.29, 0.717) is 5.56 Å². The highest BCUT2D eigenvalue weighted by atomic mass is 16.2. The summed E-state index contributed by atoms with van der Waals surface area (Å²) >= 11 is 0. The van der Waals surface area contributed by atoms with Crippen molar-refractivity contribution in [2.24, 2.45) is 0 Å². The number of imide groups is 1. The predicted molar refractivity (Wildman–Crippen MR) is 82.4 cm³/mol. The zero-order valence-corrected chi connectivity index (χ0v) is 12.4. The molecule has 2 aromatic rings. The Morgan fingerprint density at radius 3 is 2.42 bits per heavy atom. The van der Waals surface area contributed by atoms with E-state index in [2.05, 4.69) is 5.32 Å². The van der Waals surface area contributed by atoms with Crippen LogP contribution in [-0.2, 0) is 0 Å². The number of rotatable bonds is 1. The van der Waals surface area contributed by atoms with Gasteiger partial charge in [0.25, 0.3) is 17.4 Å². The summed E-state index contributed by atoms with van der Waals surface area (Å²) < 4.78 is 1.01. The van der Waals surface area contributed by atoms with Gasteiger partial charge in [-0.05, 0) is 24.6 Å². The van der Waals surface area contributed by atoms with E-state index in [4.69, 9.17) is 11.0 Å². The van der Waals surface area contributed by atoms with Gasteiger partial charge in [0.15, 0.2) is 0 Å². The number of pyridine rings is 1. The second-order valence-electron chi connectivity index (χ2n) is 5.19. The van der Waals surface area contributed by atoms with Crippen molar-refractivity contribution in [2.45, 2.75) is 6.92 Å². The molecule has 1 aromatic heterocycles. The number of carbonyl (C=O) groups is 2. The molecule has 2 amide bonds. The molecule has 0 fully saturated rings. The summed E-state index contributed by atoms with van der Waals surface area (Å²) in [5.41, 5.74) is 6.06. The Labute approximate surface area is 135 Å². The third-order valence-corrected chi connectivity index (χ3v) is 3.73. The van der Waals surface area contributed by atoms with Gasteiger partial charge in [-0.1, -0.05) is 0 Å². The first-order valence-corrected chi connectivity index (χ1v) is 6.75. The minimum absolute atomic E-state index is 0.0602. The van der Waals surface area contributed by atoms with Crippen molar-refractivity contribution < 1.29 is 9.59 Å². The van der Waals surface area contributed by atoms with Crippen molar-refractivity contribution in [1.82, 2.24) is 9.88 Å². The Hall–Kier alpha value is -3.91. The average Bonchev–Trinajstić information content (AvgIpc) is 2.82. The SMILES string of the molecule is Cc1cc(C#N)cc(C#N)c1-n1c(N)c2c(cc1=O)C(=O)NC2=O. The van der Waals surface area contributed by atoms with Crippen LogP contribution in [0.1, 0.15) is 37.4 Å². The number of fused-ring (bicyclic) bond motifs is 1. The maximum Gasteiger partial charge on any atom is 0.262 e. The normalized spacial score (nSPS) is 12.3. The number of hydrogen-bond donors (Lipinski definition) is 2. The van der Waals surface area contributed by atoms with Crippen LogP contribution in [0.5, 0.6) is 0 Å². The van der Waals surface area contributed by atoms with Crippen LogP contribution in [0, 0.1) is 29.6 Å². The highest BCUT2D eigenvalue weighted by Crippen LogP contribution is 2.27. The van der Waals surface area contributed by atoms with Crippen LogP contribution in [0.15, 0.2) is 23.0 Å². The summed E-state index contributed by atoms with van der Waals surface area (Å²) in [5.74, 6) is -1.63. The van der Waals surface area contributed by atoms with Crippen LogP contribution >= 0.6 is 0 Å². The van der Waals surface area contributed by atoms with Gasteiger partial charge in [0.1, 0.15) is 11.9 Å². The summed E-state index contributed by atoms with van der Waals surface area (Å²) in [5, 5.41) is 20.4. The maximum atomic E-state index is 12.4. The Morgan fingerprint density at radius 1 is 1.08 bits per heavy atom. The molecule has 116 valence electrons. The summed E-state index contributed by atoms with van der Waals surface area (Å²) in [6, 6.07) is 7.68. The second kappa shape index (κ2) is 5.07. The number of nitrogens with zero attached hydrogens (tertiary/aromatic N) is 3. The van der Waals surface area contributed by atoms with Crippen molar-refractivity contribution in [2.75, 3.05) is 5.73 Å². The van der Waals surface area contributed by atoms with Gasteiger partial charge in [-0.2, -0.15) is 10.5 Å². The van der Waals surface area contributed by atoms with Gasteiger partial charge < -0.3 is 5.73 Å². The van der Waals surface area contributed by atoms with E-state index < -0.39 is 17.4 Å². The molecule has 3 N–H and O–H groups in total. The summed E-state index contributed by atoms with van der Waals surface area (Å²) in [6.07, 6.45) is 0. The molecule has 0 spiro atoms. The van der Waals surface area contributed by atoms with Crippen LogP contribution in [0.2, 0.25) is 0 Å². The molecule has 3 rings (SSSR count). The summed E-state index contributed by atoms with van der Waals surface area (Å²) in [7, 11) is 0. The van der Waals surface area contributed by atoms with Crippen molar-refractivity contribution in [1.29, 1.82) is 10.5 Å². The van der Waals surface area contributed by atoms with E-state index in [0.717, 1.165) is 10.6 Å². The number of nitrogens with two attached hydrogens (primary N) is 1. The fourth-order valence-corrected chi connectivity index (χ4v) is 2.74. The van der Waals surface area contributed by atoms with Gasteiger partial charge >= 0.3 is 0 Å². The van der Waals surface area contributed by atoms with Gasteiger partial charge in [-0.15, -0.1) is 0 Å². The molecule has 0 bridgehead atoms. The minimum Gasteiger partial charge on any atom is -0.384 e. The van der Waals surface area contributed by atoms with Crippen LogP contribution < -0.4 is 16.6 Å². The van der Waals surface area contributed by atoms with Crippen LogP contribution in [0.4, 0.5) is 5.82 Å². The van der Waals surface area contributed by atoms with Crippen molar-refractivity contribution in [3.05, 3.63) is 56.4 Å². The molecule has 0 atom stereocenters. The molecule has 24 heavy (non-hydrogen) atoms. The first-order chi connectivity index (χ1) is 11.4. The van der Waals surface area contributed by atoms with Crippen molar-refractivity contribution in [3.8, 4) is 17.8 Å². The lowest BCUT2D eigenvalue weighted by atomic mass is 10.0. The Balaban J connectivity index is 2.43. The van der Waals surface area contributed by atoms with Gasteiger partial charge in [0, 0.05) is 6.07 Å². The fourth-order valence-electron chi connectivity index (χ4n) is 2.74. The lowest BCUT2D eigenvalue weighted by Gasteiger charge is -2.15. The standard InChI is InChI=1S/C16H9N5O3/c1-7-2-8(5-17)3-9(6-18)13(7)21-11(22)4-10-12(14(21)19)16(24)20-15(10)23/h2-4H,19H2,1H3,(H,20,23,24). The zero-order chi connectivity index (χ0) is 17.6. The molecule has 0 saturated heterocycles. The quantitative estimate of drug-likeness (QED) is 0.726. The van der Waals surface area contributed by atoms with E-state index in [1.165, 1.54) is 12.1 Å². The average molecular weight is 319 g/mol. The van der Waals surface area contributed by atoms with Crippen molar-refractivity contribution in [3.63, 3.8) is 0 Å². The summed E-state index contributed by atoms with van der Waals surface area (Å²) in [6.45, 7) is 1.61. The number of amides is 2. The van der Waals surface area contributed by atoms with E-state index in [1.54, 1.807) is 6.92 Å². The zero-order valence-electron chi connectivity index (χ0n) is 12.4. The molecule has 8 heteroatoms. The lowest BCUT2D eigenvalue weighted by molar-refractivity contribution is 0.0880. The highest BCUT2D eigenvalue weighted by Gasteiger charge is 2.32. The highest BCUT2D eigenvalue weighted by molar-refractivity contribution is 6.23. The molecule has 8 nitrogen and oxygen atoms in total. The second-order valence-corrected chi connectivity index (χ2v) is 5.19. The van der Waals surface area contributed by atoms with E-state index in [-0.39, 0.29) is 33.8 Å². The van der Waals surface area contributed by atoms with E-state index >= 15 is 0 Å². The third kappa shape index (κ3) is 1.95. The monoisotopic (exact) mass is 319 g/mol. The molecule has 0 saturated carbocycles. The number of nitrogens with one attached hydrogen (secondary N) is 1. The molecule has 0 aliphatic carbocycles. The lowest BCUT2D eigenvalue weighted by Crippen LogP contribution is -2.25. The predicted octanol–water partition coefficient (Wildman–Crippen LogP) is 0.355. The minimum atomic E-state index is -0.703. The topological polar surface area (TPSA) is 142 Å². The fraction of sp³-hybridized carbons (Fsp3) is 0.0625. The number of hydrogen-bond acceptors (Lipinski definition) is 6. The molecule has 2 heterocycles. The number of nitrogen functional groups attached to an aromatic ring is 1. The Bertz CT molecular complexity index is 1080. The molecule has 1 aliphatic rings. The van der Waals surface area contributed by atoms with Crippen molar-refractivity contribution >= 4 is 17.6 Å². The van der Waals surface area contributed by atoms with Gasteiger partial charge in [0.05, 0.1) is 34.0 Å². The van der Waals surface area contributed by atoms with E-state index in [1.807, 2.05) is 12.1 Å². The third-order valence-electron chi connectivity index (χ3n) is 3.73. The number of carbonyl (C=O) groups excluding carboxylic acids is 2. The first kappa shape index (κ1) is 15.0. The largest absolute Gasteiger partial charge is 0.384 e. The Morgan fingerprint density at radius 2 is 1.79 bits per heavy atom. The Kier molecular flexibility index (Phi) is 3.17. The molecular weight excluding hydrogens is 310 g/mol. The smallest absolute Gasteiger partial charge is 0.262 e. The first-order valence-electron chi connectivity index (χ1n) is 6.75.